The Morgan fingerprint density at radius 3 is 2.62 bits per heavy atom. The molecular formula is C8H5F2NOS. The number of benzene rings is 1. The molecule has 68 valence electrons. The average Bonchev–Trinajstić information content (AvgIpc) is 2.56. The maximum Gasteiger partial charge on any atom is 0.150 e. The van der Waals surface area contributed by atoms with E-state index in [0.717, 1.165) is 23.5 Å². The Labute approximate surface area is 76.5 Å². The van der Waals surface area contributed by atoms with Crippen LogP contribution in [0.25, 0.3) is 10.2 Å². The van der Waals surface area contributed by atoms with Gasteiger partial charge in [0, 0.05) is 0 Å². The molecule has 0 fully saturated rings. The molecule has 0 radical (unpaired) electrons. The third-order valence-electron chi connectivity index (χ3n) is 1.63. The van der Waals surface area contributed by atoms with Crippen LogP contribution >= 0.6 is 11.3 Å². The Kier molecular flexibility index (Phi) is 1.97. The van der Waals surface area contributed by atoms with Crippen LogP contribution in [0.1, 0.15) is 5.01 Å². The van der Waals surface area contributed by atoms with Crippen LogP contribution in [0.4, 0.5) is 8.78 Å². The summed E-state index contributed by atoms with van der Waals surface area (Å²) < 4.78 is 26.2. The summed E-state index contributed by atoms with van der Waals surface area (Å²) >= 11 is 0.962. The molecule has 1 aromatic heterocycles. The van der Waals surface area contributed by atoms with Gasteiger partial charge in [-0.25, -0.2) is 13.8 Å². The van der Waals surface area contributed by atoms with Gasteiger partial charge in [0.1, 0.15) is 16.3 Å². The van der Waals surface area contributed by atoms with Crippen molar-refractivity contribution in [2.45, 2.75) is 6.61 Å². The molecule has 5 heteroatoms. The standard InChI is InChI=1S/C8H5F2NOS/c9-4-1-2-5(10)8-7(4)11-6(3-12)13-8/h1-2,12H,3H2. The Morgan fingerprint density at radius 1 is 1.31 bits per heavy atom. The molecule has 0 spiro atoms. The Morgan fingerprint density at radius 2 is 2.00 bits per heavy atom. The van der Waals surface area contributed by atoms with Crippen molar-refractivity contribution in [2.24, 2.45) is 0 Å². The molecule has 1 aromatic carbocycles. The van der Waals surface area contributed by atoms with Crippen molar-refractivity contribution in [1.82, 2.24) is 4.98 Å². The number of hydrogen-bond acceptors (Lipinski definition) is 3. The van der Waals surface area contributed by atoms with Gasteiger partial charge in [-0.05, 0) is 12.1 Å². The normalized spacial score (nSPS) is 11.0. The Hall–Kier alpha value is -1.07. The summed E-state index contributed by atoms with van der Waals surface area (Å²) in [5.41, 5.74) is -0.00551. The van der Waals surface area contributed by atoms with E-state index in [2.05, 4.69) is 4.98 Å². The molecule has 0 bridgehead atoms. The quantitative estimate of drug-likeness (QED) is 0.766. The number of nitrogens with zero attached hydrogens (tertiary/aromatic N) is 1. The van der Waals surface area contributed by atoms with Crippen LogP contribution in [0.15, 0.2) is 12.1 Å². The van der Waals surface area contributed by atoms with Crippen molar-refractivity contribution in [3.63, 3.8) is 0 Å². The summed E-state index contributed by atoms with van der Waals surface area (Å²) in [6.07, 6.45) is 0. The maximum atomic E-state index is 13.0. The van der Waals surface area contributed by atoms with Crippen molar-refractivity contribution in [1.29, 1.82) is 0 Å². The van der Waals surface area contributed by atoms with E-state index < -0.39 is 11.6 Å². The summed E-state index contributed by atoms with van der Waals surface area (Å²) in [5, 5.41) is 9.04. The second-order valence-electron chi connectivity index (χ2n) is 2.47. The highest BCUT2D eigenvalue weighted by Crippen LogP contribution is 2.26. The second-order valence-corrected chi connectivity index (χ2v) is 3.56. The average molecular weight is 201 g/mol. The Bertz CT molecular complexity index is 416. The van der Waals surface area contributed by atoms with Gasteiger partial charge in [0.05, 0.1) is 11.3 Å². The van der Waals surface area contributed by atoms with Gasteiger partial charge in [-0.1, -0.05) is 0 Å². The van der Waals surface area contributed by atoms with E-state index >= 15 is 0 Å². The number of aliphatic hydroxyl groups is 1. The fourth-order valence-electron chi connectivity index (χ4n) is 1.06. The number of fused-ring (bicyclic) bond motifs is 1. The minimum atomic E-state index is -0.563. The molecule has 13 heavy (non-hydrogen) atoms. The Balaban J connectivity index is 2.80. The van der Waals surface area contributed by atoms with E-state index in [1.54, 1.807) is 0 Å². The largest absolute Gasteiger partial charge is 0.389 e. The fourth-order valence-corrected chi connectivity index (χ4v) is 1.90. The van der Waals surface area contributed by atoms with Gasteiger partial charge in [-0.15, -0.1) is 11.3 Å². The predicted molar refractivity (Wildman–Crippen MR) is 45.5 cm³/mol. The minimum absolute atomic E-state index is 0.00551. The number of rotatable bonds is 1. The zero-order valence-corrected chi connectivity index (χ0v) is 7.24. The molecule has 0 amide bonds. The highest BCUT2D eigenvalue weighted by molar-refractivity contribution is 7.18. The smallest absolute Gasteiger partial charge is 0.150 e. The van der Waals surface area contributed by atoms with Crippen LogP contribution < -0.4 is 0 Å². The lowest BCUT2D eigenvalue weighted by Gasteiger charge is -1.90. The molecular weight excluding hydrogens is 196 g/mol. The summed E-state index contributed by atoms with van der Waals surface area (Å²) in [5.74, 6) is -1.07. The molecule has 1 N–H and O–H groups in total. The maximum absolute atomic E-state index is 13.0. The summed E-state index contributed by atoms with van der Waals surface area (Å²) in [4.78, 5) is 3.75. The number of hydrogen-bond donors (Lipinski definition) is 1. The topological polar surface area (TPSA) is 33.1 Å². The van der Waals surface area contributed by atoms with Crippen molar-refractivity contribution >= 4 is 21.6 Å². The van der Waals surface area contributed by atoms with Crippen molar-refractivity contribution in [3.8, 4) is 0 Å². The second kappa shape index (κ2) is 3.01. The van der Waals surface area contributed by atoms with Crippen LogP contribution in [0, 0.1) is 11.6 Å². The summed E-state index contributed by atoms with van der Waals surface area (Å²) in [6.45, 7) is -0.293. The number of halogens is 2. The number of aromatic nitrogens is 1. The van der Waals surface area contributed by atoms with E-state index in [0.29, 0.717) is 5.01 Å². The van der Waals surface area contributed by atoms with Gasteiger partial charge in [0.2, 0.25) is 0 Å². The van der Waals surface area contributed by atoms with Gasteiger partial charge in [0.25, 0.3) is 0 Å². The first-order valence-electron chi connectivity index (χ1n) is 3.56. The summed E-state index contributed by atoms with van der Waals surface area (Å²) in [7, 11) is 0. The molecule has 0 unspecified atom stereocenters. The fraction of sp³-hybridized carbons (Fsp3) is 0.125. The SMILES string of the molecule is OCc1nc2c(F)ccc(F)c2s1. The van der Waals surface area contributed by atoms with Gasteiger partial charge < -0.3 is 5.11 Å². The molecule has 0 aliphatic rings. The third kappa shape index (κ3) is 1.30. The first-order chi connectivity index (χ1) is 6.22. The lowest BCUT2D eigenvalue weighted by Crippen LogP contribution is -1.82. The molecule has 0 saturated carbocycles. The number of thiazole rings is 1. The van der Waals surface area contributed by atoms with E-state index in [4.69, 9.17) is 5.11 Å². The minimum Gasteiger partial charge on any atom is -0.389 e. The molecule has 1 heterocycles. The molecule has 2 nitrogen and oxygen atoms in total. The third-order valence-corrected chi connectivity index (χ3v) is 2.67. The van der Waals surface area contributed by atoms with E-state index in [1.807, 2.05) is 0 Å². The van der Waals surface area contributed by atoms with Crippen molar-refractivity contribution < 1.29 is 13.9 Å². The van der Waals surface area contributed by atoms with Crippen LogP contribution in [0.5, 0.6) is 0 Å². The molecule has 2 aromatic rings. The molecule has 0 saturated heterocycles. The van der Waals surface area contributed by atoms with Crippen LogP contribution in [-0.4, -0.2) is 10.1 Å². The zero-order chi connectivity index (χ0) is 9.42. The predicted octanol–water partition coefficient (Wildman–Crippen LogP) is 2.07. The van der Waals surface area contributed by atoms with E-state index in [1.165, 1.54) is 0 Å². The zero-order valence-electron chi connectivity index (χ0n) is 6.42. The van der Waals surface area contributed by atoms with Gasteiger partial charge in [-0.3, -0.25) is 0 Å². The van der Waals surface area contributed by atoms with Gasteiger partial charge in [-0.2, -0.15) is 0 Å². The highest BCUT2D eigenvalue weighted by Gasteiger charge is 2.11. The van der Waals surface area contributed by atoms with Crippen molar-refractivity contribution in [3.05, 3.63) is 28.8 Å². The van der Waals surface area contributed by atoms with Gasteiger partial charge in [0.15, 0.2) is 5.82 Å². The monoisotopic (exact) mass is 201 g/mol. The van der Waals surface area contributed by atoms with Crippen molar-refractivity contribution in [2.75, 3.05) is 0 Å². The molecule has 0 aliphatic heterocycles. The lowest BCUT2D eigenvalue weighted by molar-refractivity contribution is 0.281. The first-order valence-corrected chi connectivity index (χ1v) is 4.38. The van der Waals surface area contributed by atoms with Crippen LogP contribution in [-0.2, 0) is 6.61 Å². The summed E-state index contributed by atoms with van der Waals surface area (Å²) in [6, 6.07) is 2.08. The molecule has 0 aliphatic carbocycles. The van der Waals surface area contributed by atoms with Crippen LogP contribution in [0.2, 0.25) is 0 Å². The lowest BCUT2D eigenvalue weighted by atomic mass is 10.3. The van der Waals surface area contributed by atoms with E-state index in [-0.39, 0.29) is 16.8 Å². The molecule has 2 rings (SSSR count). The first kappa shape index (κ1) is 8.52. The number of aliphatic hydroxyl groups excluding tert-OH is 1. The highest BCUT2D eigenvalue weighted by atomic mass is 32.1. The molecule has 0 atom stereocenters. The van der Waals surface area contributed by atoms with Crippen LogP contribution in [0.3, 0.4) is 0 Å². The van der Waals surface area contributed by atoms with E-state index in [9.17, 15) is 8.78 Å². The van der Waals surface area contributed by atoms with Gasteiger partial charge >= 0.3 is 0 Å².